The molecule has 2 fully saturated rings. The molecule has 1 aliphatic carbocycles. The van der Waals surface area contributed by atoms with Crippen molar-refractivity contribution in [1.82, 2.24) is 10.2 Å². The highest BCUT2D eigenvalue weighted by Gasteiger charge is 2.38. The molecule has 0 aromatic heterocycles. The SMILES string of the molecule is C#CCCCCN1CC2(CCCCC2)NCC1CC. The molecule has 1 N–H and O–H groups in total. The number of hydrogen-bond acceptors (Lipinski definition) is 2. The average Bonchev–Trinajstić information content (AvgIpc) is 2.45. The zero-order valence-corrected chi connectivity index (χ0v) is 12.6. The zero-order chi connectivity index (χ0) is 13.6. The largest absolute Gasteiger partial charge is 0.308 e. The molecule has 19 heavy (non-hydrogen) atoms. The summed E-state index contributed by atoms with van der Waals surface area (Å²) in [6, 6.07) is 0.735. The predicted octanol–water partition coefficient (Wildman–Crippen LogP) is 3.18. The lowest BCUT2D eigenvalue weighted by Gasteiger charge is -2.49. The highest BCUT2D eigenvalue weighted by molar-refractivity contribution is 4.99. The number of nitrogens with zero attached hydrogens (tertiary/aromatic N) is 1. The van der Waals surface area contributed by atoms with Gasteiger partial charge in [0.25, 0.3) is 0 Å². The van der Waals surface area contributed by atoms with Crippen molar-refractivity contribution in [3.63, 3.8) is 0 Å². The van der Waals surface area contributed by atoms with Gasteiger partial charge in [0, 0.05) is 31.1 Å². The van der Waals surface area contributed by atoms with Gasteiger partial charge in [-0.05, 0) is 38.6 Å². The monoisotopic (exact) mass is 262 g/mol. The summed E-state index contributed by atoms with van der Waals surface area (Å²) in [5.41, 5.74) is 0.441. The Labute approximate surface area is 119 Å². The second-order valence-corrected chi connectivity index (χ2v) is 6.42. The zero-order valence-electron chi connectivity index (χ0n) is 12.6. The van der Waals surface area contributed by atoms with Gasteiger partial charge in [-0.3, -0.25) is 4.90 Å². The molecule has 1 saturated carbocycles. The summed E-state index contributed by atoms with van der Waals surface area (Å²) in [7, 11) is 0. The van der Waals surface area contributed by atoms with E-state index in [1.807, 2.05) is 0 Å². The summed E-state index contributed by atoms with van der Waals surface area (Å²) in [5, 5.41) is 3.89. The van der Waals surface area contributed by atoms with Gasteiger partial charge in [0.05, 0.1) is 0 Å². The van der Waals surface area contributed by atoms with Gasteiger partial charge in [-0.25, -0.2) is 0 Å². The third-order valence-electron chi connectivity index (χ3n) is 5.03. The molecule has 1 aliphatic heterocycles. The Morgan fingerprint density at radius 2 is 2.05 bits per heavy atom. The first-order chi connectivity index (χ1) is 9.29. The number of terminal acetylenes is 1. The Balaban J connectivity index is 1.87. The van der Waals surface area contributed by atoms with Crippen LogP contribution in [0.5, 0.6) is 0 Å². The Bertz CT molecular complexity index is 299. The maximum atomic E-state index is 5.34. The predicted molar refractivity (Wildman–Crippen MR) is 82.2 cm³/mol. The van der Waals surface area contributed by atoms with Crippen molar-refractivity contribution in [2.24, 2.45) is 0 Å². The topological polar surface area (TPSA) is 15.3 Å². The quantitative estimate of drug-likeness (QED) is 0.605. The van der Waals surface area contributed by atoms with Crippen molar-refractivity contribution in [1.29, 1.82) is 0 Å². The lowest BCUT2D eigenvalue weighted by molar-refractivity contribution is 0.0530. The van der Waals surface area contributed by atoms with E-state index < -0.39 is 0 Å². The molecule has 2 heteroatoms. The summed E-state index contributed by atoms with van der Waals surface area (Å²) in [6.45, 7) is 6.01. The van der Waals surface area contributed by atoms with Gasteiger partial charge in [0.1, 0.15) is 0 Å². The molecule has 0 amide bonds. The van der Waals surface area contributed by atoms with E-state index in [2.05, 4.69) is 23.1 Å². The van der Waals surface area contributed by atoms with E-state index in [9.17, 15) is 0 Å². The number of hydrogen-bond donors (Lipinski definition) is 1. The standard InChI is InChI=1S/C17H30N2/c1-3-5-6-10-13-19-15-17(11-8-7-9-12-17)18-14-16(19)4-2/h1,16,18H,4-15H2,2H3. The molecule has 1 atom stereocenters. The molecule has 0 aromatic rings. The third-order valence-corrected chi connectivity index (χ3v) is 5.03. The third kappa shape index (κ3) is 3.97. The molecule has 0 bridgehead atoms. The van der Waals surface area contributed by atoms with E-state index in [1.165, 1.54) is 71.0 Å². The van der Waals surface area contributed by atoms with Crippen molar-refractivity contribution in [2.75, 3.05) is 19.6 Å². The summed E-state index contributed by atoms with van der Waals surface area (Å²) < 4.78 is 0. The van der Waals surface area contributed by atoms with Gasteiger partial charge < -0.3 is 5.32 Å². The number of rotatable bonds is 5. The first kappa shape index (κ1) is 14.9. The highest BCUT2D eigenvalue weighted by atomic mass is 15.3. The smallest absolute Gasteiger partial charge is 0.0309 e. The average molecular weight is 262 g/mol. The van der Waals surface area contributed by atoms with E-state index in [0.29, 0.717) is 5.54 Å². The van der Waals surface area contributed by atoms with E-state index >= 15 is 0 Å². The minimum Gasteiger partial charge on any atom is -0.308 e. The van der Waals surface area contributed by atoms with E-state index in [1.54, 1.807) is 0 Å². The molecule has 0 radical (unpaired) electrons. The van der Waals surface area contributed by atoms with Crippen molar-refractivity contribution < 1.29 is 0 Å². The summed E-state index contributed by atoms with van der Waals surface area (Å²) in [6.07, 6.45) is 17.0. The molecule has 0 aromatic carbocycles. The number of piperazine rings is 1. The van der Waals surface area contributed by atoms with Crippen LogP contribution in [0.2, 0.25) is 0 Å². The molecule has 2 rings (SSSR count). The fourth-order valence-corrected chi connectivity index (χ4v) is 3.81. The second-order valence-electron chi connectivity index (χ2n) is 6.42. The first-order valence-corrected chi connectivity index (χ1v) is 8.22. The van der Waals surface area contributed by atoms with Crippen LogP contribution in [0.3, 0.4) is 0 Å². The molecular formula is C17H30N2. The van der Waals surface area contributed by atoms with Crippen molar-refractivity contribution in [3.8, 4) is 12.3 Å². The molecule has 1 heterocycles. The van der Waals surface area contributed by atoms with Crippen molar-refractivity contribution >= 4 is 0 Å². The van der Waals surface area contributed by atoms with Gasteiger partial charge >= 0.3 is 0 Å². The van der Waals surface area contributed by atoms with Crippen molar-refractivity contribution in [3.05, 3.63) is 0 Å². The van der Waals surface area contributed by atoms with Gasteiger partial charge in [-0.15, -0.1) is 12.3 Å². The summed E-state index contributed by atoms with van der Waals surface area (Å²) in [4.78, 5) is 2.75. The van der Waals surface area contributed by atoms with Crippen LogP contribution in [-0.2, 0) is 0 Å². The number of nitrogens with one attached hydrogen (secondary N) is 1. The van der Waals surface area contributed by atoms with E-state index in [4.69, 9.17) is 6.42 Å². The second kappa shape index (κ2) is 7.31. The molecule has 1 unspecified atom stereocenters. The first-order valence-electron chi connectivity index (χ1n) is 8.22. The van der Waals surface area contributed by atoms with Crippen LogP contribution in [0.25, 0.3) is 0 Å². The Morgan fingerprint density at radius 1 is 1.26 bits per heavy atom. The molecule has 108 valence electrons. The maximum absolute atomic E-state index is 5.34. The summed E-state index contributed by atoms with van der Waals surface area (Å²) >= 11 is 0. The van der Waals surface area contributed by atoms with Crippen LogP contribution in [0.1, 0.15) is 64.7 Å². The Hall–Kier alpha value is -0.520. The van der Waals surface area contributed by atoms with E-state index in [-0.39, 0.29) is 0 Å². The molecule has 1 saturated heterocycles. The van der Waals surface area contributed by atoms with Crippen LogP contribution in [0.4, 0.5) is 0 Å². The van der Waals surface area contributed by atoms with Crippen molar-refractivity contribution in [2.45, 2.75) is 76.3 Å². The number of unbranched alkanes of at least 4 members (excludes halogenated alkanes) is 2. The maximum Gasteiger partial charge on any atom is 0.0309 e. The Morgan fingerprint density at radius 3 is 2.74 bits per heavy atom. The van der Waals surface area contributed by atoms with Crippen LogP contribution in [0, 0.1) is 12.3 Å². The fourth-order valence-electron chi connectivity index (χ4n) is 3.81. The molecular weight excluding hydrogens is 232 g/mol. The fraction of sp³-hybridized carbons (Fsp3) is 0.882. The summed E-state index contributed by atoms with van der Waals surface area (Å²) in [5.74, 6) is 2.76. The normalized spacial score (nSPS) is 27.3. The van der Waals surface area contributed by atoms with Crippen LogP contribution in [-0.4, -0.2) is 36.1 Å². The van der Waals surface area contributed by atoms with Gasteiger partial charge in [-0.1, -0.05) is 26.2 Å². The lowest BCUT2D eigenvalue weighted by atomic mass is 9.79. The lowest BCUT2D eigenvalue weighted by Crippen LogP contribution is -2.64. The Kier molecular flexibility index (Phi) is 5.73. The minimum absolute atomic E-state index is 0.441. The van der Waals surface area contributed by atoms with Gasteiger partial charge in [-0.2, -0.15) is 0 Å². The molecule has 2 nitrogen and oxygen atoms in total. The molecule has 2 aliphatic rings. The van der Waals surface area contributed by atoms with Gasteiger partial charge in [0.2, 0.25) is 0 Å². The van der Waals surface area contributed by atoms with Gasteiger partial charge in [0.15, 0.2) is 0 Å². The minimum atomic E-state index is 0.441. The van der Waals surface area contributed by atoms with Crippen LogP contribution < -0.4 is 5.32 Å². The van der Waals surface area contributed by atoms with E-state index in [0.717, 1.165) is 12.5 Å². The van der Waals surface area contributed by atoms with Crippen LogP contribution >= 0.6 is 0 Å². The highest BCUT2D eigenvalue weighted by Crippen LogP contribution is 2.32. The van der Waals surface area contributed by atoms with Crippen LogP contribution in [0.15, 0.2) is 0 Å². The molecule has 1 spiro atoms.